The third-order valence-corrected chi connectivity index (χ3v) is 5.19. The van der Waals surface area contributed by atoms with Crippen molar-refractivity contribution in [1.29, 1.82) is 0 Å². The molecular weight excluding hydrogens is 395 g/mol. The lowest BCUT2D eigenvalue weighted by atomic mass is 10.1. The summed E-state index contributed by atoms with van der Waals surface area (Å²) in [5, 5.41) is 2.93. The number of fused-ring (bicyclic) bond motifs is 1. The molecule has 1 heterocycles. The third kappa shape index (κ3) is 5.09. The fourth-order valence-electron chi connectivity index (χ4n) is 3.53. The number of hydrogen-bond donors (Lipinski definition) is 1. The summed E-state index contributed by atoms with van der Waals surface area (Å²) >= 11 is 0. The molecule has 0 atom stereocenters. The standard InChI is InChI=1S/C25H23FN2O3/c26-21-11-8-19(9-12-21)16-28-22-15-20(10-13-23(22)31-17-24(28)29)25(30)27-14-4-7-18-5-2-1-3-6-18/h1-3,5-6,8-13,15H,4,7,14,16-17H2,(H,27,30). The SMILES string of the molecule is O=C(NCCCc1ccccc1)c1ccc2c(c1)N(Cc1ccc(F)cc1)C(=O)CO2. The molecule has 3 aromatic carbocycles. The normalized spacial score (nSPS) is 12.8. The zero-order valence-corrected chi connectivity index (χ0v) is 17.0. The number of amides is 2. The van der Waals surface area contributed by atoms with Gasteiger partial charge in [-0.2, -0.15) is 0 Å². The molecule has 4 rings (SSSR count). The van der Waals surface area contributed by atoms with Gasteiger partial charge >= 0.3 is 0 Å². The van der Waals surface area contributed by atoms with Crippen LogP contribution >= 0.6 is 0 Å². The smallest absolute Gasteiger partial charge is 0.265 e. The maximum Gasteiger partial charge on any atom is 0.265 e. The van der Waals surface area contributed by atoms with Crippen molar-refractivity contribution in [3.8, 4) is 5.75 Å². The molecule has 0 saturated heterocycles. The Morgan fingerprint density at radius 2 is 1.77 bits per heavy atom. The fraction of sp³-hybridized carbons (Fsp3) is 0.200. The van der Waals surface area contributed by atoms with Gasteiger partial charge in [0.25, 0.3) is 11.8 Å². The van der Waals surface area contributed by atoms with Gasteiger partial charge in [-0.25, -0.2) is 4.39 Å². The number of rotatable bonds is 7. The largest absolute Gasteiger partial charge is 0.482 e. The molecule has 1 N–H and O–H groups in total. The molecule has 5 nitrogen and oxygen atoms in total. The van der Waals surface area contributed by atoms with E-state index in [0.29, 0.717) is 23.5 Å². The minimum Gasteiger partial charge on any atom is -0.482 e. The van der Waals surface area contributed by atoms with E-state index in [-0.39, 0.29) is 30.8 Å². The molecule has 2 amide bonds. The first-order valence-corrected chi connectivity index (χ1v) is 10.2. The van der Waals surface area contributed by atoms with Crippen LogP contribution in [-0.2, 0) is 17.8 Å². The highest BCUT2D eigenvalue weighted by Crippen LogP contribution is 2.34. The minimum absolute atomic E-state index is 0.0702. The molecule has 0 saturated carbocycles. The lowest BCUT2D eigenvalue weighted by Gasteiger charge is -2.30. The number of nitrogens with one attached hydrogen (secondary N) is 1. The molecule has 0 unspecified atom stereocenters. The number of ether oxygens (including phenoxy) is 1. The second-order valence-corrected chi connectivity index (χ2v) is 7.42. The summed E-state index contributed by atoms with van der Waals surface area (Å²) in [6, 6.07) is 21.2. The summed E-state index contributed by atoms with van der Waals surface area (Å²) in [5.41, 5.74) is 3.02. The number of hydrogen-bond acceptors (Lipinski definition) is 3. The molecule has 6 heteroatoms. The summed E-state index contributed by atoms with van der Waals surface area (Å²) < 4.78 is 18.7. The highest BCUT2D eigenvalue weighted by Gasteiger charge is 2.26. The van der Waals surface area contributed by atoms with Crippen molar-refractivity contribution in [3.63, 3.8) is 0 Å². The summed E-state index contributed by atoms with van der Waals surface area (Å²) in [6.45, 7) is 0.760. The van der Waals surface area contributed by atoms with Crippen LogP contribution in [0, 0.1) is 5.82 Å². The molecule has 0 fully saturated rings. The third-order valence-electron chi connectivity index (χ3n) is 5.19. The number of anilines is 1. The van der Waals surface area contributed by atoms with E-state index in [2.05, 4.69) is 17.4 Å². The number of carbonyl (C=O) groups is 2. The molecule has 1 aliphatic rings. The molecule has 0 aliphatic carbocycles. The summed E-state index contributed by atoms with van der Waals surface area (Å²) in [6.07, 6.45) is 1.72. The van der Waals surface area contributed by atoms with Crippen molar-refractivity contribution in [2.75, 3.05) is 18.1 Å². The van der Waals surface area contributed by atoms with Gasteiger partial charge in [0.2, 0.25) is 0 Å². The molecule has 0 aromatic heterocycles. The first-order chi connectivity index (χ1) is 15.1. The van der Waals surface area contributed by atoms with Gasteiger partial charge in [-0.3, -0.25) is 9.59 Å². The van der Waals surface area contributed by atoms with Gasteiger partial charge in [-0.15, -0.1) is 0 Å². The van der Waals surface area contributed by atoms with E-state index < -0.39 is 0 Å². The van der Waals surface area contributed by atoms with Crippen molar-refractivity contribution >= 4 is 17.5 Å². The number of carbonyl (C=O) groups excluding carboxylic acids is 2. The Morgan fingerprint density at radius 1 is 1.00 bits per heavy atom. The highest BCUT2D eigenvalue weighted by atomic mass is 19.1. The Labute approximate surface area is 180 Å². The highest BCUT2D eigenvalue weighted by molar-refractivity contribution is 6.01. The topological polar surface area (TPSA) is 58.6 Å². The van der Waals surface area contributed by atoms with E-state index >= 15 is 0 Å². The quantitative estimate of drug-likeness (QED) is 0.588. The lowest BCUT2D eigenvalue weighted by molar-refractivity contribution is -0.121. The van der Waals surface area contributed by atoms with E-state index in [1.807, 2.05) is 18.2 Å². The second kappa shape index (κ2) is 9.43. The van der Waals surface area contributed by atoms with Gasteiger partial charge in [0.05, 0.1) is 12.2 Å². The van der Waals surface area contributed by atoms with Crippen molar-refractivity contribution < 1.29 is 18.7 Å². The number of aryl methyl sites for hydroxylation is 1. The average molecular weight is 418 g/mol. The van der Waals surface area contributed by atoms with Crippen molar-refractivity contribution in [2.45, 2.75) is 19.4 Å². The van der Waals surface area contributed by atoms with Crippen LogP contribution in [0.3, 0.4) is 0 Å². The number of benzene rings is 3. The second-order valence-electron chi connectivity index (χ2n) is 7.42. The Bertz CT molecular complexity index is 1070. The van der Waals surface area contributed by atoms with E-state index in [1.165, 1.54) is 17.7 Å². The average Bonchev–Trinajstić information content (AvgIpc) is 2.80. The van der Waals surface area contributed by atoms with Crippen LogP contribution in [0.4, 0.5) is 10.1 Å². The molecular formula is C25H23FN2O3. The van der Waals surface area contributed by atoms with Crippen LogP contribution in [0.1, 0.15) is 27.9 Å². The van der Waals surface area contributed by atoms with Gasteiger partial charge < -0.3 is 15.0 Å². The van der Waals surface area contributed by atoms with Gasteiger partial charge in [0.15, 0.2) is 6.61 Å². The van der Waals surface area contributed by atoms with Crippen molar-refractivity contribution in [3.05, 3.63) is 95.3 Å². The molecule has 31 heavy (non-hydrogen) atoms. The monoisotopic (exact) mass is 418 g/mol. The zero-order valence-electron chi connectivity index (χ0n) is 17.0. The predicted molar refractivity (Wildman–Crippen MR) is 117 cm³/mol. The van der Waals surface area contributed by atoms with Crippen LogP contribution in [0.2, 0.25) is 0 Å². The van der Waals surface area contributed by atoms with Gasteiger partial charge in [-0.05, 0) is 54.3 Å². The molecule has 0 spiro atoms. The van der Waals surface area contributed by atoms with Gasteiger partial charge in [0.1, 0.15) is 11.6 Å². The van der Waals surface area contributed by atoms with E-state index in [1.54, 1.807) is 35.2 Å². The maximum atomic E-state index is 13.2. The summed E-state index contributed by atoms with van der Waals surface area (Å²) in [5.74, 6) is -0.195. The molecule has 158 valence electrons. The Hall–Kier alpha value is -3.67. The van der Waals surface area contributed by atoms with E-state index in [0.717, 1.165) is 18.4 Å². The maximum absolute atomic E-state index is 13.2. The number of nitrogens with zero attached hydrogens (tertiary/aromatic N) is 1. The Balaban J connectivity index is 1.43. The minimum atomic E-state index is -0.330. The molecule has 0 radical (unpaired) electrons. The van der Waals surface area contributed by atoms with E-state index in [9.17, 15) is 14.0 Å². The molecule has 1 aliphatic heterocycles. The molecule has 3 aromatic rings. The van der Waals surface area contributed by atoms with Crippen LogP contribution in [-0.4, -0.2) is 25.0 Å². The molecule has 0 bridgehead atoms. The summed E-state index contributed by atoms with van der Waals surface area (Å²) in [7, 11) is 0. The van der Waals surface area contributed by atoms with Gasteiger partial charge in [0, 0.05) is 12.1 Å². The Kier molecular flexibility index (Phi) is 6.26. The predicted octanol–water partition coefficient (Wildman–Crippen LogP) is 4.11. The Morgan fingerprint density at radius 3 is 2.55 bits per heavy atom. The van der Waals surface area contributed by atoms with Crippen molar-refractivity contribution in [1.82, 2.24) is 5.32 Å². The van der Waals surface area contributed by atoms with E-state index in [4.69, 9.17) is 4.74 Å². The van der Waals surface area contributed by atoms with Crippen LogP contribution in [0.25, 0.3) is 0 Å². The number of halogens is 1. The van der Waals surface area contributed by atoms with Crippen LogP contribution < -0.4 is 15.0 Å². The summed E-state index contributed by atoms with van der Waals surface area (Å²) in [4.78, 5) is 26.7. The van der Waals surface area contributed by atoms with Crippen LogP contribution in [0.15, 0.2) is 72.8 Å². The fourth-order valence-corrected chi connectivity index (χ4v) is 3.53. The van der Waals surface area contributed by atoms with Crippen molar-refractivity contribution in [2.24, 2.45) is 0 Å². The van der Waals surface area contributed by atoms with Gasteiger partial charge in [-0.1, -0.05) is 42.5 Å². The first kappa shape index (κ1) is 20.6. The first-order valence-electron chi connectivity index (χ1n) is 10.2. The zero-order chi connectivity index (χ0) is 21.6. The lowest BCUT2D eigenvalue weighted by Crippen LogP contribution is -2.38. The van der Waals surface area contributed by atoms with Crippen LogP contribution in [0.5, 0.6) is 5.75 Å².